The van der Waals surface area contributed by atoms with Crippen LogP contribution in [0.4, 0.5) is 0 Å². The standard InChI is InChI=1S/C16H20B2O/c1-3-13(2)14-9-11-15(12-10-14)18(17)19-16-7-5-4-6-8-16/h4-13H,3,17H2,1-2H3. The summed E-state index contributed by atoms with van der Waals surface area (Å²) in [5.74, 6) is 1.54. The van der Waals surface area contributed by atoms with Crippen molar-refractivity contribution in [3.8, 4) is 5.75 Å². The van der Waals surface area contributed by atoms with Crippen molar-refractivity contribution in [2.45, 2.75) is 26.2 Å². The Kier molecular flexibility index (Phi) is 4.73. The zero-order valence-corrected chi connectivity index (χ0v) is 12.0. The fourth-order valence-corrected chi connectivity index (χ4v) is 2.10. The molecule has 0 heterocycles. The van der Waals surface area contributed by atoms with E-state index in [1.807, 2.05) is 30.3 Å². The molecule has 0 saturated heterocycles. The molecule has 0 aliphatic carbocycles. The normalized spacial score (nSPS) is 11.9. The average molecular weight is 250 g/mol. The molecule has 0 radical (unpaired) electrons. The zero-order chi connectivity index (χ0) is 13.7. The first-order valence-electron chi connectivity index (χ1n) is 7.02. The predicted octanol–water partition coefficient (Wildman–Crippen LogP) is 2.61. The number of hydrogen-bond acceptors (Lipinski definition) is 1. The van der Waals surface area contributed by atoms with Crippen LogP contribution in [-0.2, 0) is 0 Å². The van der Waals surface area contributed by atoms with E-state index in [1.54, 1.807) is 0 Å². The Morgan fingerprint density at radius 2 is 1.68 bits per heavy atom. The highest BCUT2D eigenvalue weighted by molar-refractivity contribution is 7.07. The smallest absolute Gasteiger partial charge is 0.339 e. The lowest BCUT2D eigenvalue weighted by Crippen LogP contribution is -2.37. The van der Waals surface area contributed by atoms with E-state index in [2.05, 4.69) is 45.9 Å². The summed E-state index contributed by atoms with van der Waals surface area (Å²) in [6, 6.07) is 18.8. The van der Waals surface area contributed by atoms with Crippen molar-refractivity contribution < 1.29 is 4.65 Å². The molecule has 1 nitrogen and oxygen atoms in total. The maximum atomic E-state index is 5.93. The molecule has 19 heavy (non-hydrogen) atoms. The molecule has 96 valence electrons. The molecule has 0 bridgehead atoms. The molecule has 0 fully saturated rings. The quantitative estimate of drug-likeness (QED) is 0.741. The van der Waals surface area contributed by atoms with Crippen LogP contribution in [0, 0.1) is 0 Å². The van der Waals surface area contributed by atoms with Crippen LogP contribution in [0.3, 0.4) is 0 Å². The predicted molar refractivity (Wildman–Crippen MR) is 86.2 cm³/mol. The lowest BCUT2D eigenvalue weighted by atomic mass is 9.43. The van der Waals surface area contributed by atoms with Gasteiger partial charge in [-0.1, -0.05) is 56.3 Å². The SMILES string of the molecule is BB(Oc1ccccc1)c1ccc(C(C)CC)cc1. The summed E-state index contributed by atoms with van der Waals surface area (Å²) in [6.07, 6.45) is 1.18. The van der Waals surface area contributed by atoms with Crippen molar-refractivity contribution in [1.82, 2.24) is 0 Å². The fraction of sp³-hybridized carbons (Fsp3) is 0.250. The summed E-state index contributed by atoms with van der Waals surface area (Å²) in [5, 5.41) is 0. The number of benzene rings is 2. The van der Waals surface area contributed by atoms with Crippen LogP contribution < -0.4 is 10.1 Å². The first-order valence-corrected chi connectivity index (χ1v) is 7.02. The number of para-hydroxylation sites is 1. The summed E-state index contributed by atoms with van der Waals surface area (Å²) in [4.78, 5) is 0. The van der Waals surface area contributed by atoms with Gasteiger partial charge in [0, 0.05) is 0 Å². The summed E-state index contributed by atoms with van der Waals surface area (Å²) >= 11 is 0. The van der Waals surface area contributed by atoms with E-state index in [0.29, 0.717) is 5.92 Å². The van der Waals surface area contributed by atoms with Gasteiger partial charge in [0.25, 0.3) is 0 Å². The van der Waals surface area contributed by atoms with Gasteiger partial charge >= 0.3 is 6.81 Å². The molecule has 0 amide bonds. The van der Waals surface area contributed by atoms with Gasteiger partial charge in [-0.3, -0.25) is 0 Å². The van der Waals surface area contributed by atoms with Crippen molar-refractivity contribution in [3.05, 3.63) is 60.2 Å². The third-order valence-corrected chi connectivity index (χ3v) is 3.64. The molecule has 3 heteroatoms. The Hall–Kier alpha value is -1.63. The molecule has 0 N–H and O–H groups in total. The van der Waals surface area contributed by atoms with Crippen LogP contribution in [-0.4, -0.2) is 14.5 Å². The molecule has 0 aromatic heterocycles. The van der Waals surface area contributed by atoms with Crippen LogP contribution in [0.1, 0.15) is 31.7 Å². The van der Waals surface area contributed by atoms with Crippen molar-refractivity contribution in [2.24, 2.45) is 0 Å². The van der Waals surface area contributed by atoms with Crippen molar-refractivity contribution in [2.75, 3.05) is 0 Å². The number of rotatable bonds is 5. The van der Waals surface area contributed by atoms with E-state index in [0.717, 1.165) is 5.75 Å². The third-order valence-electron chi connectivity index (χ3n) is 3.64. The molecule has 2 aromatic rings. The van der Waals surface area contributed by atoms with Crippen LogP contribution in [0.2, 0.25) is 0 Å². The van der Waals surface area contributed by atoms with Gasteiger partial charge < -0.3 is 4.65 Å². The van der Waals surface area contributed by atoms with E-state index >= 15 is 0 Å². The second kappa shape index (κ2) is 6.51. The topological polar surface area (TPSA) is 9.23 Å². The van der Waals surface area contributed by atoms with Gasteiger partial charge in [0.15, 0.2) is 0 Å². The minimum Gasteiger partial charge on any atom is -0.564 e. The molecule has 0 aliphatic heterocycles. The fourth-order valence-electron chi connectivity index (χ4n) is 2.10. The van der Waals surface area contributed by atoms with E-state index in [-0.39, 0.29) is 6.81 Å². The lowest BCUT2D eigenvalue weighted by molar-refractivity contribution is 0.597. The van der Waals surface area contributed by atoms with Gasteiger partial charge in [0.1, 0.15) is 7.74 Å². The second-order valence-corrected chi connectivity index (χ2v) is 5.05. The minimum absolute atomic E-state index is 0.0772. The van der Waals surface area contributed by atoms with Crippen molar-refractivity contribution in [3.63, 3.8) is 0 Å². The monoisotopic (exact) mass is 250 g/mol. The molecular formula is C16H20B2O. The minimum atomic E-state index is 0.0772. The zero-order valence-electron chi connectivity index (χ0n) is 12.0. The molecule has 2 aromatic carbocycles. The largest absolute Gasteiger partial charge is 0.564 e. The van der Waals surface area contributed by atoms with Gasteiger partial charge in [-0.25, -0.2) is 0 Å². The highest BCUT2D eigenvalue weighted by Gasteiger charge is 2.13. The highest BCUT2D eigenvalue weighted by atomic mass is 16.4. The molecule has 2 rings (SSSR count). The van der Waals surface area contributed by atoms with E-state index in [9.17, 15) is 0 Å². The van der Waals surface area contributed by atoms with Crippen molar-refractivity contribution >= 4 is 20.0 Å². The summed E-state index contributed by atoms with van der Waals surface area (Å²) < 4.78 is 5.93. The first-order chi connectivity index (χ1) is 9.20. The van der Waals surface area contributed by atoms with Crippen LogP contribution in [0.15, 0.2) is 54.6 Å². The molecule has 0 aliphatic rings. The molecule has 0 saturated carbocycles. The maximum absolute atomic E-state index is 5.93. The van der Waals surface area contributed by atoms with Gasteiger partial charge in [-0.05, 0) is 35.5 Å². The van der Waals surface area contributed by atoms with Crippen LogP contribution in [0.5, 0.6) is 5.75 Å². The van der Waals surface area contributed by atoms with E-state index < -0.39 is 0 Å². The second-order valence-electron chi connectivity index (χ2n) is 5.05. The summed E-state index contributed by atoms with van der Waals surface area (Å²) in [7, 11) is 2.09. The van der Waals surface area contributed by atoms with Crippen molar-refractivity contribution in [1.29, 1.82) is 0 Å². The molecular weight excluding hydrogens is 230 g/mol. The number of hydrogen-bond donors (Lipinski definition) is 0. The van der Waals surface area contributed by atoms with Gasteiger partial charge in [-0.15, -0.1) is 0 Å². The Morgan fingerprint density at radius 1 is 1.05 bits per heavy atom. The first kappa shape index (κ1) is 13.8. The third kappa shape index (κ3) is 3.66. The lowest BCUT2D eigenvalue weighted by Gasteiger charge is -2.14. The van der Waals surface area contributed by atoms with Crippen LogP contribution in [0.25, 0.3) is 0 Å². The average Bonchev–Trinajstić information content (AvgIpc) is 2.47. The molecule has 1 unspecified atom stereocenters. The Morgan fingerprint density at radius 3 is 2.26 bits per heavy atom. The van der Waals surface area contributed by atoms with Gasteiger partial charge in [0.05, 0.1) is 5.75 Å². The van der Waals surface area contributed by atoms with E-state index in [4.69, 9.17) is 4.65 Å². The van der Waals surface area contributed by atoms with Gasteiger partial charge in [-0.2, -0.15) is 0 Å². The maximum Gasteiger partial charge on any atom is 0.339 e. The Bertz CT molecular complexity index is 496. The van der Waals surface area contributed by atoms with Gasteiger partial charge in [0.2, 0.25) is 0 Å². The summed E-state index contributed by atoms with van der Waals surface area (Å²) in [6.45, 7) is 4.56. The Labute approximate surface area is 117 Å². The molecule has 0 spiro atoms. The highest BCUT2D eigenvalue weighted by Crippen LogP contribution is 2.17. The van der Waals surface area contributed by atoms with Crippen LogP contribution >= 0.6 is 0 Å². The van der Waals surface area contributed by atoms with E-state index in [1.165, 1.54) is 17.4 Å². The molecule has 1 atom stereocenters. The Balaban J connectivity index is 2.05. The summed E-state index contributed by atoms with van der Waals surface area (Å²) in [5.41, 5.74) is 2.62.